The van der Waals surface area contributed by atoms with Gasteiger partial charge in [0.15, 0.2) is 5.43 Å². The van der Waals surface area contributed by atoms with Crippen molar-refractivity contribution in [2.75, 3.05) is 10.6 Å². The molecule has 5 aromatic rings. The van der Waals surface area contributed by atoms with Crippen molar-refractivity contribution in [2.24, 2.45) is 0 Å². The molecule has 5 rings (SSSR count). The van der Waals surface area contributed by atoms with E-state index in [0.29, 0.717) is 33.9 Å². The summed E-state index contributed by atoms with van der Waals surface area (Å²) in [7, 11) is 0. The fourth-order valence-electron chi connectivity index (χ4n) is 4.33. The minimum atomic E-state index is -0.252. The molecule has 0 saturated heterocycles. The van der Waals surface area contributed by atoms with Crippen LogP contribution in [0.2, 0.25) is 0 Å². The normalized spacial score (nSPS) is 10.9. The number of benzene rings is 3. The van der Waals surface area contributed by atoms with Gasteiger partial charge in [-0.1, -0.05) is 24.3 Å². The van der Waals surface area contributed by atoms with Crippen LogP contribution in [0.3, 0.4) is 0 Å². The van der Waals surface area contributed by atoms with Gasteiger partial charge in [-0.25, -0.2) is 9.97 Å². The zero-order chi connectivity index (χ0) is 26.1. The Morgan fingerprint density at radius 2 is 1.51 bits per heavy atom. The lowest BCUT2D eigenvalue weighted by molar-refractivity contribution is 0.102. The van der Waals surface area contributed by atoms with Crippen molar-refractivity contribution >= 4 is 34.2 Å². The monoisotopic (exact) mass is 490 g/mol. The molecular weight excluding hydrogens is 464 g/mol. The van der Waals surface area contributed by atoms with E-state index in [1.54, 1.807) is 24.3 Å². The summed E-state index contributed by atoms with van der Waals surface area (Å²) in [4.78, 5) is 34.4. The number of nitrogens with one attached hydrogen (secondary N) is 2. The maximum absolute atomic E-state index is 12.9. The number of hydrogen-bond acceptors (Lipinski definition) is 6. The van der Waals surface area contributed by atoms with Gasteiger partial charge >= 0.3 is 0 Å². The number of anilines is 3. The maximum atomic E-state index is 12.9. The predicted octanol–water partition coefficient (Wildman–Crippen LogP) is 6.48. The van der Waals surface area contributed by atoms with Crippen molar-refractivity contribution < 1.29 is 9.21 Å². The van der Waals surface area contributed by atoms with E-state index in [1.165, 1.54) is 6.07 Å². The summed E-state index contributed by atoms with van der Waals surface area (Å²) < 4.78 is 6.07. The van der Waals surface area contributed by atoms with Gasteiger partial charge in [-0.15, -0.1) is 0 Å². The maximum Gasteiger partial charge on any atom is 0.255 e. The number of rotatable bonds is 5. The number of nitrogens with zero attached hydrogens (tertiary/aromatic N) is 2. The molecule has 184 valence electrons. The van der Waals surface area contributed by atoms with E-state index >= 15 is 0 Å². The second-order valence-corrected chi connectivity index (χ2v) is 9.14. The highest BCUT2D eigenvalue weighted by atomic mass is 16.3. The highest BCUT2D eigenvalue weighted by molar-refractivity contribution is 6.04. The Hall–Kier alpha value is -4.78. The number of carbonyl (C=O) groups is 1. The molecule has 0 saturated carbocycles. The molecule has 0 aliphatic carbocycles. The molecular formula is C30H26N4O3. The summed E-state index contributed by atoms with van der Waals surface area (Å²) in [5.41, 5.74) is 6.74. The van der Waals surface area contributed by atoms with E-state index in [4.69, 9.17) is 4.42 Å². The van der Waals surface area contributed by atoms with Gasteiger partial charge in [0.2, 0.25) is 5.95 Å². The topological polar surface area (TPSA) is 97.1 Å². The Bertz CT molecular complexity index is 1690. The molecule has 0 fully saturated rings. The molecule has 3 aromatic carbocycles. The molecule has 7 nitrogen and oxygen atoms in total. The summed E-state index contributed by atoms with van der Waals surface area (Å²) in [6.45, 7) is 7.71. The highest BCUT2D eigenvalue weighted by Crippen LogP contribution is 2.26. The van der Waals surface area contributed by atoms with Crippen LogP contribution in [0.4, 0.5) is 17.3 Å². The molecule has 2 N–H and O–H groups in total. The first-order chi connectivity index (χ1) is 17.7. The van der Waals surface area contributed by atoms with Crippen LogP contribution in [0.1, 0.15) is 32.9 Å². The van der Waals surface area contributed by atoms with Gasteiger partial charge < -0.3 is 15.1 Å². The van der Waals surface area contributed by atoms with Crippen LogP contribution in [0.15, 0.2) is 82.0 Å². The summed E-state index contributed by atoms with van der Waals surface area (Å²) in [5.74, 6) is 0.712. The van der Waals surface area contributed by atoms with Gasteiger partial charge in [0, 0.05) is 40.0 Å². The smallest absolute Gasteiger partial charge is 0.255 e. The van der Waals surface area contributed by atoms with Crippen molar-refractivity contribution in [1.82, 2.24) is 9.97 Å². The Balaban J connectivity index is 1.33. The van der Waals surface area contributed by atoms with E-state index in [1.807, 2.05) is 70.2 Å². The third-order valence-corrected chi connectivity index (χ3v) is 5.95. The number of aromatic nitrogens is 2. The molecule has 1 amide bonds. The summed E-state index contributed by atoms with van der Waals surface area (Å²) in [6, 6.07) is 21.6. The molecule has 0 unspecified atom stereocenters. The fraction of sp³-hybridized carbons (Fsp3) is 0.133. The SMILES string of the molecule is Cc1cc(C)c2oc(-c3ccc(C(=O)Nc4cccc(Nc5nc(C)cc(C)n5)c4)cc3)cc(=O)c2c1. The Labute approximate surface area is 214 Å². The molecule has 0 aliphatic rings. The van der Waals surface area contributed by atoms with Crippen LogP contribution < -0.4 is 16.1 Å². The first kappa shape index (κ1) is 23.9. The number of carbonyl (C=O) groups excluding carboxylic acids is 1. The molecule has 0 radical (unpaired) electrons. The van der Waals surface area contributed by atoms with Crippen LogP contribution in [0.5, 0.6) is 0 Å². The average Bonchev–Trinajstić information content (AvgIpc) is 2.84. The van der Waals surface area contributed by atoms with E-state index in [2.05, 4.69) is 20.6 Å². The minimum absolute atomic E-state index is 0.0930. The van der Waals surface area contributed by atoms with E-state index in [9.17, 15) is 9.59 Å². The first-order valence-electron chi connectivity index (χ1n) is 11.9. The molecule has 37 heavy (non-hydrogen) atoms. The second kappa shape index (κ2) is 9.70. The predicted molar refractivity (Wildman–Crippen MR) is 147 cm³/mol. The standard InChI is InChI=1S/C30H26N4O3/c1-17-12-18(2)28-25(13-17)26(35)16-27(37-28)21-8-10-22(11-9-21)29(36)33-23-6-5-7-24(15-23)34-30-31-19(3)14-20(4)32-30/h5-16H,1-4H3,(H,33,36)(H,31,32,34). The van der Waals surface area contributed by atoms with Gasteiger partial charge in [-0.2, -0.15) is 0 Å². The third-order valence-electron chi connectivity index (χ3n) is 5.95. The van der Waals surface area contributed by atoms with Gasteiger partial charge in [-0.05, 0) is 81.3 Å². The van der Waals surface area contributed by atoms with Crippen LogP contribution >= 0.6 is 0 Å². The minimum Gasteiger partial charge on any atom is -0.456 e. The van der Waals surface area contributed by atoms with Crippen molar-refractivity contribution in [3.8, 4) is 11.3 Å². The van der Waals surface area contributed by atoms with E-state index < -0.39 is 0 Å². The number of hydrogen-bond donors (Lipinski definition) is 2. The molecule has 2 heterocycles. The summed E-state index contributed by atoms with van der Waals surface area (Å²) in [6.07, 6.45) is 0. The van der Waals surface area contributed by atoms with Crippen LogP contribution in [0.25, 0.3) is 22.3 Å². The Kier molecular flexibility index (Phi) is 6.27. The number of fused-ring (bicyclic) bond motifs is 1. The zero-order valence-corrected chi connectivity index (χ0v) is 21.0. The number of amides is 1. The third kappa shape index (κ3) is 5.26. The zero-order valence-electron chi connectivity index (χ0n) is 21.0. The van der Waals surface area contributed by atoms with Crippen molar-refractivity contribution in [1.29, 1.82) is 0 Å². The molecule has 0 bridgehead atoms. The van der Waals surface area contributed by atoms with Crippen molar-refractivity contribution in [3.05, 3.63) is 111 Å². The highest BCUT2D eigenvalue weighted by Gasteiger charge is 2.12. The lowest BCUT2D eigenvalue weighted by Gasteiger charge is -2.10. The van der Waals surface area contributed by atoms with Gasteiger partial charge in [0.05, 0.1) is 5.39 Å². The molecule has 7 heteroatoms. The summed E-state index contributed by atoms with van der Waals surface area (Å²) in [5, 5.41) is 6.67. The van der Waals surface area contributed by atoms with Gasteiger partial charge in [0.1, 0.15) is 11.3 Å². The lowest BCUT2D eigenvalue weighted by atomic mass is 10.1. The molecule has 0 atom stereocenters. The fourth-order valence-corrected chi connectivity index (χ4v) is 4.33. The van der Waals surface area contributed by atoms with Gasteiger partial charge in [0.25, 0.3) is 5.91 Å². The Morgan fingerprint density at radius 1 is 0.811 bits per heavy atom. The van der Waals surface area contributed by atoms with Crippen LogP contribution in [0, 0.1) is 27.7 Å². The van der Waals surface area contributed by atoms with E-state index in [0.717, 1.165) is 33.8 Å². The Morgan fingerprint density at radius 3 is 2.24 bits per heavy atom. The molecule has 2 aromatic heterocycles. The van der Waals surface area contributed by atoms with Crippen LogP contribution in [-0.2, 0) is 0 Å². The largest absolute Gasteiger partial charge is 0.456 e. The quantitative estimate of drug-likeness (QED) is 0.293. The van der Waals surface area contributed by atoms with Crippen molar-refractivity contribution in [2.45, 2.75) is 27.7 Å². The van der Waals surface area contributed by atoms with Crippen molar-refractivity contribution in [3.63, 3.8) is 0 Å². The molecule has 0 aliphatic heterocycles. The second-order valence-electron chi connectivity index (χ2n) is 9.14. The average molecular weight is 491 g/mol. The van der Waals surface area contributed by atoms with E-state index in [-0.39, 0.29) is 11.3 Å². The number of aryl methyl sites for hydroxylation is 4. The lowest BCUT2D eigenvalue weighted by Crippen LogP contribution is -2.12. The summed E-state index contributed by atoms with van der Waals surface area (Å²) >= 11 is 0. The van der Waals surface area contributed by atoms with Gasteiger partial charge in [-0.3, -0.25) is 9.59 Å². The molecule has 0 spiro atoms. The van der Waals surface area contributed by atoms with Crippen LogP contribution in [-0.4, -0.2) is 15.9 Å². The first-order valence-corrected chi connectivity index (χ1v) is 11.9.